The van der Waals surface area contributed by atoms with Gasteiger partial charge in [0.1, 0.15) is 0 Å². The maximum Gasteiger partial charge on any atom is 0.240 e. The predicted molar refractivity (Wildman–Crippen MR) is 78.4 cm³/mol. The first kappa shape index (κ1) is 18.2. The molecule has 1 rings (SSSR count). The van der Waals surface area contributed by atoms with Crippen molar-refractivity contribution in [3.05, 3.63) is 0 Å². The Morgan fingerprint density at radius 3 is 2.26 bits per heavy atom. The molecule has 2 N–H and O–H groups in total. The van der Waals surface area contributed by atoms with E-state index >= 15 is 0 Å². The van der Waals surface area contributed by atoms with Crippen LogP contribution in [0.15, 0.2) is 0 Å². The Hall–Kier alpha value is -0.810. The molecule has 0 aromatic rings. The van der Waals surface area contributed by atoms with E-state index in [9.17, 15) is 9.59 Å². The van der Waals surface area contributed by atoms with Crippen LogP contribution in [0.5, 0.6) is 0 Å². The van der Waals surface area contributed by atoms with E-state index in [0.29, 0.717) is 0 Å². The summed E-state index contributed by atoms with van der Waals surface area (Å²) in [4.78, 5) is 25.4. The molecule has 19 heavy (non-hydrogen) atoms. The smallest absolute Gasteiger partial charge is 0.240 e. The molecule has 0 radical (unpaired) electrons. The minimum atomic E-state index is -0.254. The van der Waals surface area contributed by atoms with Crippen LogP contribution in [0.2, 0.25) is 0 Å². The summed E-state index contributed by atoms with van der Waals surface area (Å²) in [6, 6.07) is 0. The molecule has 5 nitrogen and oxygen atoms in total. The van der Waals surface area contributed by atoms with Crippen LogP contribution in [0.1, 0.15) is 33.6 Å². The normalized spacial score (nSPS) is 16.4. The fourth-order valence-corrected chi connectivity index (χ4v) is 2.13. The quantitative estimate of drug-likeness (QED) is 0.808. The van der Waals surface area contributed by atoms with Gasteiger partial charge in [-0.25, -0.2) is 0 Å². The van der Waals surface area contributed by atoms with Crippen molar-refractivity contribution in [3.8, 4) is 0 Å². The highest BCUT2D eigenvalue weighted by Crippen LogP contribution is 2.14. The van der Waals surface area contributed by atoms with Gasteiger partial charge in [-0.2, -0.15) is 0 Å². The number of hydrogen-bond acceptors (Lipinski definition) is 3. The zero-order chi connectivity index (χ0) is 13.8. The molecular formula is C13H26ClN3O2. The summed E-state index contributed by atoms with van der Waals surface area (Å²) < 4.78 is 0. The van der Waals surface area contributed by atoms with E-state index in [2.05, 4.69) is 10.6 Å². The van der Waals surface area contributed by atoms with Gasteiger partial charge in [-0.05, 0) is 46.7 Å². The van der Waals surface area contributed by atoms with Crippen LogP contribution in [-0.4, -0.2) is 48.9 Å². The van der Waals surface area contributed by atoms with Crippen molar-refractivity contribution in [2.24, 2.45) is 5.92 Å². The second-order valence-corrected chi connectivity index (χ2v) is 6.02. The highest BCUT2D eigenvalue weighted by Gasteiger charge is 2.25. The Morgan fingerprint density at radius 2 is 1.79 bits per heavy atom. The van der Waals surface area contributed by atoms with Crippen molar-refractivity contribution in [2.45, 2.75) is 39.2 Å². The van der Waals surface area contributed by atoms with Crippen LogP contribution in [0, 0.1) is 5.92 Å². The Balaban J connectivity index is 0.00000324. The zero-order valence-electron chi connectivity index (χ0n) is 12.3. The second kappa shape index (κ2) is 7.70. The number of nitrogens with one attached hydrogen (secondary N) is 2. The van der Waals surface area contributed by atoms with Crippen LogP contribution < -0.4 is 10.6 Å². The Bertz CT molecular complexity index is 310. The number of rotatable bonds is 3. The van der Waals surface area contributed by atoms with Crippen molar-refractivity contribution >= 4 is 24.2 Å². The van der Waals surface area contributed by atoms with Crippen molar-refractivity contribution in [2.75, 3.05) is 26.7 Å². The van der Waals surface area contributed by atoms with Gasteiger partial charge in [-0.1, -0.05) is 0 Å². The van der Waals surface area contributed by atoms with Crippen molar-refractivity contribution in [3.63, 3.8) is 0 Å². The van der Waals surface area contributed by atoms with Gasteiger partial charge in [0, 0.05) is 18.5 Å². The molecule has 0 atom stereocenters. The van der Waals surface area contributed by atoms with Gasteiger partial charge in [-0.3, -0.25) is 9.59 Å². The second-order valence-electron chi connectivity index (χ2n) is 6.02. The minimum absolute atomic E-state index is 0. The number of hydrogen-bond donors (Lipinski definition) is 2. The molecule has 0 spiro atoms. The third-order valence-corrected chi connectivity index (χ3v) is 2.96. The molecule has 1 aliphatic rings. The molecule has 0 aromatic heterocycles. The number of piperidine rings is 1. The lowest BCUT2D eigenvalue weighted by atomic mass is 9.97. The summed E-state index contributed by atoms with van der Waals surface area (Å²) >= 11 is 0. The molecular weight excluding hydrogens is 266 g/mol. The van der Waals surface area contributed by atoms with Crippen molar-refractivity contribution in [1.29, 1.82) is 0 Å². The lowest BCUT2D eigenvalue weighted by molar-refractivity contribution is -0.139. The number of amides is 2. The Labute approximate surface area is 121 Å². The molecule has 1 aliphatic heterocycles. The highest BCUT2D eigenvalue weighted by molar-refractivity contribution is 5.86. The van der Waals surface area contributed by atoms with Crippen molar-refractivity contribution in [1.82, 2.24) is 15.5 Å². The van der Waals surface area contributed by atoms with Gasteiger partial charge >= 0.3 is 0 Å². The minimum Gasteiger partial charge on any atom is -0.350 e. The summed E-state index contributed by atoms with van der Waals surface area (Å²) in [6.07, 6.45) is 1.73. The Kier molecular flexibility index (Phi) is 7.37. The van der Waals surface area contributed by atoms with E-state index in [1.54, 1.807) is 7.05 Å². The first-order valence-corrected chi connectivity index (χ1v) is 6.56. The maximum atomic E-state index is 12.1. The summed E-state index contributed by atoms with van der Waals surface area (Å²) in [5, 5.41) is 6.09. The summed E-state index contributed by atoms with van der Waals surface area (Å²) in [5.41, 5.74) is -0.254. The fourth-order valence-electron chi connectivity index (χ4n) is 2.13. The van der Waals surface area contributed by atoms with E-state index in [-0.39, 0.29) is 42.2 Å². The molecule has 6 heteroatoms. The average Bonchev–Trinajstić information content (AvgIpc) is 2.26. The van der Waals surface area contributed by atoms with Crippen LogP contribution in [0.3, 0.4) is 0 Å². The lowest BCUT2D eigenvalue weighted by Crippen LogP contribution is -2.48. The molecule has 112 valence electrons. The summed E-state index contributed by atoms with van der Waals surface area (Å²) in [6.45, 7) is 7.70. The number of carbonyl (C=O) groups is 2. The number of carbonyl (C=O) groups excluding carboxylic acids is 2. The number of halogens is 1. The van der Waals surface area contributed by atoms with Crippen LogP contribution in [0.4, 0.5) is 0 Å². The number of likely N-dealkylation sites (N-methyl/N-ethyl adjacent to an activating group) is 1. The molecule has 0 aromatic carbocycles. The van der Waals surface area contributed by atoms with Gasteiger partial charge in [0.15, 0.2) is 0 Å². The topological polar surface area (TPSA) is 61.4 Å². The third-order valence-electron chi connectivity index (χ3n) is 2.96. The molecule has 1 heterocycles. The molecule has 1 saturated heterocycles. The molecule has 0 bridgehead atoms. The van der Waals surface area contributed by atoms with E-state index in [4.69, 9.17) is 0 Å². The molecule has 0 unspecified atom stereocenters. The lowest BCUT2D eigenvalue weighted by Gasteiger charge is -2.28. The largest absolute Gasteiger partial charge is 0.350 e. The van der Waals surface area contributed by atoms with Gasteiger partial charge in [0.2, 0.25) is 11.8 Å². The van der Waals surface area contributed by atoms with E-state index < -0.39 is 0 Å². The van der Waals surface area contributed by atoms with E-state index in [0.717, 1.165) is 25.9 Å². The monoisotopic (exact) mass is 291 g/mol. The van der Waals surface area contributed by atoms with Crippen LogP contribution >= 0.6 is 12.4 Å². The molecule has 1 fully saturated rings. The van der Waals surface area contributed by atoms with E-state index in [1.807, 2.05) is 20.8 Å². The van der Waals surface area contributed by atoms with Gasteiger partial charge < -0.3 is 15.5 Å². The summed E-state index contributed by atoms with van der Waals surface area (Å²) in [7, 11) is 1.70. The Morgan fingerprint density at radius 1 is 1.26 bits per heavy atom. The third kappa shape index (κ3) is 6.78. The summed E-state index contributed by atoms with van der Waals surface area (Å²) in [5.74, 6) is 0.0477. The molecule has 0 saturated carbocycles. The van der Waals surface area contributed by atoms with Crippen molar-refractivity contribution < 1.29 is 9.59 Å². The van der Waals surface area contributed by atoms with Gasteiger partial charge in [0.05, 0.1) is 6.54 Å². The average molecular weight is 292 g/mol. The van der Waals surface area contributed by atoms with E-state index in [1.165, 1.54) is 4.90 Å². The predicted octanol–water partition coefficient (Wildman–Crippen LogP) is 0.781. The highest BCUT2D eigenvalue weighted by atomic mass is 35.5. The van der Waals surface area contributed by atoms with Crippen LogP contribution in [-0.2, 0) is 9.59 Å². The molecule has 2 amide bonds. The zero-order valence-corrected chi connectivity index (χ0v) is 13.1. The fraction of sp³-hybridized carbons (Fsp3) is 0.846. The maximum absolute atomic E-state index is 12.1. The SMILES string of the molecule is CN(CC(=O)NC(C)(C)C)C(=O)C1CCNCC1.Cl. The van der Waals surface area contributed by atoms with Gasteiger partial charge in [0.25, 0.3) is 0 Å². The standard InChI is InChI=1S/C13H25N3O2.ClH/c1-13(2,3)15-11(17)9-16(4)12(18)10-5-7-14-8-6-10;/h10,14H,5-9H2,1-4H3,(H,15,17);1H. The first-order chi connectivity index (χ1) is 8.29. The first-order valence-electron chi connectivity index (χ1n) is 6.56. The number of nitrogens with zero attached hydrogens (tertiary/aromatic N) is 1. The van der Waals surface area contributed by atoms with Gasteiger partial charge in [-0.15, -0.1) is 12.4 Å². The molecule has 0 aliphatic carbocycles. The van der Waals surface area contributed by atoms with Crippen LogP contribution in [0.25, 0.3) is 0 Å².